The smallest absolute Gasteiger partial charge is 0.253 e. The van der Waals surface area contributed by atoms with Gasteiger partial charge in [0.05, 0.1) is 0 Å². The molecule has 17 heavy (non-hydrogen) atoms. The van der Waals surface area contributed by atoms with Crippen LogP contribution in [0.2, 0.25) is 0 Å². The van der Waals surface area contributed by atoms with Gasteiger partial charge in [-0.2, -0.15) is 0 Å². The maximum absolute atomic E-state index is 12.1. The minimum atomic E-state index is 0. The zero-order chi connectivity index (χ0) is 12.1. The molecule has 0 unspecified atom stereocenters. The van der Waals surface area contributed by atoms with Crippen LogP contribution in [-0.2, 0) is 0 Å². The Morgan fingerprint density at radius 3 is 2.59 bits per heavy atom. The van der Waals surface area contributed by atoms with Crippen LogP contribution >= 0.6 is 12.4 Å². The van der Waals surface area contributed by atoms with Crippen molar-refractivity contribution in [1.29, 1.82) is 0 Å². The highest BCUT2D eigenvalue weighted by molar-refractivity contribution is 5.95. The third-order valence-corrected chi connectivity index (χ3v) is 2.67. The van der Waals surface area contributed by atoms with Crippen LogP contribution in [-0.4, -0.2) is 38.0 Å². The van der Waals surface area contributed by atoms with Gasteiger partial charge >= 0.3 is 0 Å². The molecule has 0 saturated carbocycles. The molecule has 0 aliphatic rings. The fourth-order valence-electron chi connectivity index (χ4n) is 1.55. The van der Waals surface area contributed by atoms with Crippen molar-refractivity contribution in [3.63, 3.8) is 0 Å². The van der Waals surface area contributed by atoms with Crippen molar-refractivity contribution in [1.82, 2.24) is 10.2 Å². The van der Waals surface area contributed by atoms with Crippen molar-refractivity contribution in [3.8, 4) is 0 Å². The number of carbonyl (C=O) groups is 1. The standard InChI is InChI=1S/C13H20N2O.ClH/c1-10-5-6-11(2)12(9-10)13(16)15(4)8-7-14-3;/h5-6,9,14H,7-8H2,1-4H3;1H. The van der Waals surface area contributed by atoms with Gasteiger partial charge in [-0.1, -0.05) is 17.7 Å². The first-order chi connectivity index (χ1) is 7.56. The molecular formula is C13H21ClN2O. The summed E-state index contributed by atoms with van der Waals surface area (Å²) in [6.45, 7) is 5.51. The van der Waals surface area contributed by atoms with Gasteiger partial charge < -0.3 is 10.2 Å². The van der Waals surface area contributed by atoms with Gasteiger partial charge in [-0.3, -0.25) is 4.79 Å². The molecule has 1 amide bonds. The first kappa shape index (κ1) is 15.9. The summed E-state index contributed by atoms with van der Waals surface area (Å²) in [4.78, 5) is 13.9. The van der Waals surface area contributed by atoms with Crippen LogP contribution in [0.1, 0.15) is 21.5 Å². The van der Waals surface area contributed by atoms with E-state index >= 15 is 0 Å². The quantitative estimate of drug-likeness (QED) is 0.894. The number of nitrogens with one attached hydrogen (secondary N) is 1. The molecule has 0 atom stereocenters. The van der Waals surface area contributed by atoms with E-state index in [4.69, 9.17) is 0 Å². The van der Waals surface area contributed by atoms with Gasteiger partial charge in [-0.25, -0.2) is 0 Å². The maximum Gasteiger partial charge on any atom is 0.253 e. The lowest BCUT2D eigenvalue weighted by atomic mass is 10.0. The molecule has 0 radical (unpaired) electrons. The molecule has 1 aromatic carbocycles. The molecule has 0 fully saturated rings. The molecule has 1 rings (SSSR count). The van der Waals surface area contributed by atoms with Crippen LogP contribution in [0, 0.1) is 13.8 Å². The van der Waals surface area contributed by atoms with Gasteiger partial charge in [-0.15, -0.1) is 12.4 Å². The van der Waals surface area contributed by atoms with Gasteiger partial charge in [0.2, 0.25) is 0 Å². The normalized spacial score (nSPS) is 9.65. The van der Waals surface area contributed by atoms with Crippen LogP contribution in [0.25, 0.3) is 0 Å². The number of hydrogen-bond acceptors (Lipinski definition) is 2. The second-order valence-electron chi connectivity index (χ2n) is 4.15. The highest BCUT2D eigenvalue weighted by atomic mass is 35.5. The molecule has 0 bridgehead atoms. The molecule has 4 heteroatoms. The van der Waals surface area contributed by atoms with Crippen LogP contribution in [0.4, 0.5) is 0 Å². The van der Waals surface area contributed by atoms with E-state index in [0.29, 0.717) is 0 Å². The third-order valence-electron chi connectivity index (χ3n) is 2.67. The van der Waals surface area contributed by atoms with Crippen LogP contribution < -0.4 is 5.32 Å². The van der Waals surface area contributed by atoms with E-state index in [-0.39, 0.29) is 18.3 Å². The lowest BCUT2D eigenvalue weighted by Crippen LogP contribution is -2.33. The molecule has 1 aromatic rings. The Labute approximate surface area is 110 Å². The molecule has 0 spiro atoms. The second-order valence-corrected chi connectivity index (χ2v) is 4.15. The zero-order valence-electron chi connectivity index (χ0n) is 10.9. The summed E-state index contributed by atoms with van der Waals surface area (Å²) < 4.78 is 0. The average molecular weight is 257 g/mol. The lowest BCUT2D eigenvalue weighted by Gasteiger charge is -2.18. The fourth-order valence-corrected chi connectivity index (χ4v) is 1.55. The average Bonchev–Trinajstić information content (AvgIpc) is 2.28. The number of carbonyl (C=O) groups excluding carboxylic acids is 1. The number of halogens is 1. The first-order valence-corrected chi connectivity index (χ1v) is 5.53. The van der Waals surface area contributed by atoms with Gasteiger partial charge in [0.25, 0.3) is 5.91 Å². The van der Waals surface area contributed by atoms with Gasteiger partial charge in [0, 0.05) is 25.7 Å². The number of hydrogen-bond donors (Lipinski definition) is 1. The van der Waals surface area contributed by atoms with E-state index < -0.39 is 0 Å². The summed E-state index contributed by atoms with van der Waals surface area (Å²) in [5, 5.41) is 3.04. The van der Waals surface area contributed by atoms with Crippen molar-refractivity contribution >= 4 is 18.3 Å². The summed E-state index contributed by atoms with van der Waals surface area (Å²) in [6.07, 6.45) is 0. The highest BCUT2D eigenvalue weighted by Gasteiger charge is 2.13. The summed E-state index contributed by atoms with van der Waals surface area (Å²) in [5.41, 5.74) is 2.96. The Morgan fingerprint density at radius 1 is 1.35 bits per heavy atom. The Hall–Kier alpha value is -1.06. The van der Waals surface area contributed by atoms with Crippen molar-refractivity contribution in [3.05, 3.63) is 34.9 Å². The van der Waals surface area contributed by atoms with Crippen LogP contribution in [0.3, 0.4) is 0 Å². The second kappa shape index (κ2) is 7.30. The predicted octanol–water partition coefficient (Wildman–Crippen LogP) is 2.02. The first-order valence-electron chi connectivity index (χ1n) is 5.53. The van der Waals surface area contributed by atoms with E-state index in [1.165, 1.54) is 0 Å². The number of nitrogens with zero attached hydrogens (tertiary/aromatic N) is 1. The molecule has 1 N–H and O–H groups in total. The minimum absolute atomic E-state index is 0. The van der Waals surface area contributed by atoms with E-state index in [2.05, 4.69) is 5.32 Å². The molecule has 0 aromatic heterocycles. The molecular weight excluding hydrogens is 236 g/mol. The van der Waals surface area contributed by atoms with Gasteiger partial charge in [0.1, 0.15) is 0 Å². The summed E-state index contributed by atoms with van der Waals surface area (Å²) in [5.74, 6) is 0.0939. The number of benzene rings is 1. The monoisotopic (exact) mass is 256 g/mol. The molecule has 0 saturated heterocycles. The summed E-state index contributed by atoms with van der Waals surface area (Å²) in [6, 6.07) is 5.97. The van der Waals surface area contributed by atoms with Crippen molar-refractivity contribution in [2.24, 2.45) is 0 Å². The van der Waals surface area contributed by atoms with Crippen LogP contribution in [0.15, 0.2) is 18.2 Å². The molecule has 0 aliphatic carbocycles. The minimum Gasteiger partial charge on any atom is -0.340 e. The predicted molar refractivity (Wildman–Crippen MR) is 74.1 cm³/mol. The lowest BCUT2D eigenvalue weighted by molar-refractivity contribution is 0.0796. The molecule has 0 aliphatic heterocycles. The number of likely N-dealkylation sites (N-methyl/N-ethyl adjacent to an activating group) is 2. The number of rotatable bonds is 4. The number of aryl methyl sites for hydroxylation is 2. The topological polar surface area (TPSA) is 32.3 Å². The van der Waals surface area contributed by atoms with E-state index in [1.54, 1.807) is 4.90 Å². The number of amides is 1. The maximum atomic E-state index is 12.1. The largest absolute Gasteiger partial charge is 0.340 e. The molecule has 96 valence electrons. The molecule has 0 heterocycles. The van der Waals surface area contributed by atoms with Gasteiger partial charge in [-0.05, 0) is 32.5 Å². The van der Waals surface area contributed by atoms with Crippen molar-refractivity contribution < 1.29 is 4.79 Å². The Kier molecular flexibility index (Phi) is 6.85. The highest BCUT2D eigenvalue weighted by Crippen LogP contribution is 2.12. The Morgan fingerprint density at radius 2 is 2.00 bits per heavy atom. The van der Waals surface area contributed by atoms with E-state index in [9.17, 15) is 4.79 Å². The SMILES string of the molecule is CNCCN(C)C(=O)c1cc(C)ccc1C.Cl. The Bertz CT molecular complexity index is 380. The third kappa shape index (κ3) is 4.36. The van der Waals surface area contributed by atoms with E-state index in [0.717, 1.165) is 29.8 Å². The summed E-state index contributed by atoms with van der Waals surface area (Å²) in [7, 11) is 3.72. The van der Waals surface area contributed by atoms with Crippen LogP contribution in [0.5, 0.6) is 0 Å². The summed E-state index contributed by atoms with van der Waals surface area (Å²) >= 11 is 0. The zero-order valence-corrected chi connectivity index (χ0v) is 11.7. The Balaban J connectivity index is 0.00000256. The van der Waals surface area contributed by atoms with Crippen molar-refractivity contribution in [2.45, 2.75) is 13.8 Å². The van der Waals surface area contributed by atoms with Gasteiger partial charge in [0.15, 0.2) is 0 Å². The van der Waals surface area contributed by atoms with E-state index in [1.807, 2.05) is 46.1 Å². The molecule has 3 nitrogen and oxygen atoms in total. The van der Waals surface area contributed by atoms with Crippen molar-refractivity contribution in [2.75, 3.05) is 27.2 Å². The fraction of sp³-hybridized carbons (Fsp3) is 0.462.